The van der Waals surface area contributed by atoms with E-state index in [1.165, 1.54) is 12.1 Å². The molecular formula is C13H8F3NO3. The van der Waals surface area contributed by atoms with E-state index in [1.54, 1.807) is 0 Å². The molecule has 0 radical (unpaired) electrons. The van der Waals surface area contributed by atoms with Crippen LogP contribution in [0.5, 0.6) is 0 Å². The third-order valence-corrected chi connectivity index (χ3v) is 2.63. The molecule has 1 N–H and O–H groups in total. The minimum Gasteiger partial charge on any atom is -0.478 e. The number of aromatic nitrogens is 1. The number of nitrogens with zero attached hydrogens (tertiary/aromatic N) is 1. The third kappa shape index (κ3) is 2.56. The van der Waals surface area contributed by atoms with Crippen LogP contribution in [-0.4, -0.2) is 15.6 Å². The average Bonchev–Trinajstić information content (AvgIpc) is 2.38. The summed E-state index contributed by atoms with van der Waals surface area (Å²) in [5.41, 5.74) is -2.44. The van der Waals surface area contributed by atoms with Crippen LogP contribution < -0.4 is 5.56 Å². The number of rotatable bonds is 2. The lowest BCUT2D eigenvalue weighted by atomic mass is 10.1. The molecule has 2 rings (SSSR count). The largest absolute Gasteiger partial charge is 0.478 e. The van der Waals surface area contributed by atoms with Crippen molar-refractivity contribution < 1.29 is 23.1 Å². The van der Waals surface area contributed by atoms with Gasteiger partial charge in [-0.2, -0.15) is 13.2 Å². The fourth-order valence-corrected chi connectivity index (χ4v) is 1.73. The maximum absolute atomic E-state index is 12.9. The first kappa shape index (κ1) is 13.9. The normalized spacial score (nSPS) is 11.3. The minimum atomic E-state index is -4.64. The van der Waals surface area contributed by atoms with E-state index in [1.807, 2.05) is 0 Å². The molecule has 1 aromatic carbocycles. The zero-order valence-electron chi connectivity index (χ0n) is 9.89. The van der Waals surface area contributed by atoms with Crippen molar-refractivity contribution in [2.24, 2.45) is 0 Å². The van der Waals surface area contributed by atoms with Crippen LogP contribution in [0.3, 0.4) is 0 Å². The summed E-state index contributed by atoms with van der Waals surface area (Å²) in [4.78, 5) is 22.5. The molecule has 0 aliphatic heterocycles. The molecule has 4 nitrogen and oxygen atoms in total. The first-order chi connectivity index (χ1) is 9.30. The Bertz CT molecular complexity index is 719. The Balaban J connectivity index is 2.72. The van der Waals surface area contributed by atoms with E-state index in [0.29, 0.717) is 4.57 Å². The van der Waals surface area contributed by atoms with Gasteiger partial charge in [0.05, 0.1) is 16.8 Å². The highest BCUT2D eigenvalue weighted by molar-refractivity contribution is 5.87. The van der Waals surface area contributed by atoms with Crippen LogP contribution in [0, 0.1) is 0 Å². The molecule has 0 aliphatic carbocycles. The van der Waals surface area contributed by atoms with Gasteiger partial charge < -0.3 is 5.11 Å². The summed E-state index contributed by atoms with van der Waals surface area (Å²) < 4.78 is 39.4. The van der Waals surface area contributed by atoms with Gasteiger partial charge in [-0.3, -0.25) is 9.36 Å². The molecule has 7 heteroatoms. The highest BCUT2D eigenvalue weighted by atomic mass is 19.4. The molecule has 20 heavy (non-hydrogen) atoms. The number of halogens is 3. The molecule has 0 fully saturated rings. The summed E-state index contributed by atoms with van der Waals surface area (Å²) in [5.74, 6) is -1.33. The number of aromatic carboxylic acids is 1. The van der Waals surface area contributed by atoms with Gasteiger partial charge in [0.25, 0.3) is 5.56 Å². The fraction of sp³-hybridized carbons (Fsp3) is 0.0769. The van der Waals surface area contributed by atoms with E-state index in [4.69, 9.17) is 5.11 Å². The Morgan fingerprint density at radius 2 is 1.75 bits per heavy atom. The summed E-state index contributed by atoms with van der Waals surface area (Å²) in [6.45, 7) is 0. The van der Waals surface area contributed by atoms with Crippen molar-refractivity contribution in [2.45, 2.75) is 6.18 Å². The topological polar surface area (TPSA) is 59.3 Å². The Morgan fingerprint density at radius 1 is 1.10 bits per heavy atom. The van der Waals surface area contributed by atoms with Crippen molar-refractivity contribution in [3.05, 3.63) is 64.1 Å². The van der Waals surface area contributed by atoms with E-state index >= 15 is 0 Å². The lowest BCUT2D eigenvalue weighted by Crippen LogP contribution is -2.21. The van der Waals surface area contributed by atoms with Crippen molar-refractivity contribution >= 4 is 5.97 Å². The average molecular weight is 283 g/mol. The number of hydrogen-bond donors (Lipinski definition) is 1. The fourth-order valence-electron chi connectivity index (χ4n) is 1.73. The molecule has 2 aromatic rings. The molecule has 0 saturated heterocycles. The molecule has 0 aliphatic rings. The third-order valence-electron chi connectivity index (χ3n) is 2.63. The van der Waals surface area contributed by atoms with E-state index in [2.05, 4.69) is 0 Å². The van der Waals surface area contributed by atoms with Crippen LogP contribution in [0.25, 0.3) is 5.69 Å². The number of pyridine rings is 1. The second-order valence-corrected chi connectivity index (χ2v) is 3.95. The lowest BCUT2D eigenvalue weighted by Gasteiger charge is -2.14. The van der Waals surface area contributed by atoms with Crippen molar-refractivity contribution in [1.82, 2.24) is 4.57 Å². The van der Waals surface area contributed by atoms with E-state index in [0.717, 1.165) is 30.5 Å². The summed E-state index contributed by atoms with van der Waals surface area (Å²) in [5, 5.41) is 8.84. The summed E-state index contributed by atoms with van der Waals surface area (Å²) >= 11 is 0. The number of benzene rings is 1. The van der Waals surface area contributed by atoms with Gasteiger partial charge in [0.2, 0.25) is 0 Å². The minimum absolute atomic E-state index is 0.276. The van der Waals surface area contributed by atoms with Gasteiger partial charge in [-0.15, -0.1) is 0 Å². The molecule has 104 valence electrons. The summed E-state index contributed by atoms with van der Waals surface area (Å²) in [7, 11) is 0. The quantitative estimate of drug-likeness (QED) is 0.921. The summed E-state index contributed by atoms with van der Waals surface area (Å²) in [6.07, 6.45) is -3.77. The first-order valence-electron chi connectivity index (χ1n) is 5.43. The standard InChI is InChI=1S/C13H8F3NO3/c14-13(15,16)9-3-1-2-4-10(9)17-7-8(12(19)20)5-6-11(17)18/h1-7H,(H,19,20). The Hall–Kier alpha value is -2.57. The van der Waals surface area contributed by atoms with Gasteiger partial charge in [0, 0.05) is 12.3 Å². The Kier molecular flexibility index (Phi) is 3.35. The van der Waals surface area contributed by atoms with Gasteiger partial charge >= 0.3 is 12.1 Å². The zero-order chi connectivity index (χ0) is 14.9. The highest BCUT2D eigenvalue weighted by Gasteiger charge is 2.33. The number of carboxylic acids is 1. The van der Waals surface area contributed by atoms with Gasteiger partial charge in [-0.1, -0.05) is 12.1 Å². The maximum Gasteiger partial charge on any atom is 0.418 e. The number of carboxylic acid groups (broad SMARTS) is 1. The molecule has 0 amide bonds. The SMILES string of the molecule is O=C(O)c1ccc(=O)n(-c2ccccc2C(F)(F)F)c1. The molecule has 0 atom stereocenters. The molecule has 0 unspecified atom stereocenters. The smallest absolute Gasteiger partial charge is 0.418 e. The predicted molar refractivity (Wildman–Crippen MR) is 64.0 cm³/mol. The van der Waals surface area contributed by atoms with Crippen molar-refractivity contribution in [3.63, 3.8) is 0 Å². The van der Waals surface area contributed by atoms with Crippen molar-refractivity contribution in [3.8, 4) is 5.69 Å². The first-order valence-corrected chi connectivity index (χ1v) is 5.43. The zero-order valence-corrected chi connectivity index (χ0v) is 9.89. The molecule has 0 bridgehead atoms. The summed E-state index contributed by atoms with van der Waals surface area (Å²) in [6, 6.07) is 6.42. The lowest BCUT2D eigenvalue weighted by molar-refractivity contribution is -0.137. The van der Waals surface area contributed by atoms with E-state index in [9.17, 15) is 22.8 Å². The maximum atomic E-state index is 12.9. The van der Waals surface area contributed by atoms with Crippen LogP contribution in [-0.2, 0) is 6.18 Å². The van der Waals surface area contributed by atoms with Crippen molar-refractivity contribution in [2.75, 3.05) is 0 Å². The van der Waals surface area contributed by atoms with Gasteiger partial charge in [0.1, 0.15) is 0 Å². The Labute approximate surface area is 110 Å². The molecule has 1 aromatic heterocycles. The molecule has 0 spiro atoms. The number of alkyl halides is 3. The van der Waals surface area contributed by atoms with Gasteiger partial charge in [-0.05, 0) is 18.2 Å². The molecule has 0 saturated carbocycles. The van der Waals surface area contributed by atoms with Crippen LogP contribution in [0.4, 0.5) is 13.2 Å². The van der Waals surface area contributed by atoms with Gasteiger partial charge in [0.15, 0.2) is 0 Å². The predicted octanol–water partition coefficient (Wildman–Crippen LogP) is 2.55. The van der Waals surface area contributed by atoms with Crippen LogP contribution >= 0.6 is 0 Å². The monoisotopic (exact) mass is 283 g/mol. The molecule has 1 heterocycles. The van der Waals surface area contributed by atoms with Gasteiger partial charge in [-0.25, -0.2) is 4.79 Å². The van der Waals surface area contributed by atoms with E-state index < -0.39 is 29.0 Å². The number of para-hydroxylation sites is 1. The number of carbonyl (C=O) groups is 1. The van der Waals surface area contributed by atoms with E-state index in [-0.39, 0.29) is 5.56 Å². The highest BCUT2D eigenvalue weighted by Crippen LogP contribution is 2.33. The second-order valence-electron chi connectivity index (χ2n) is 3.95. The van der Waals surface area contributed by atoms with Crippen LogP contribution in [0.1, 0.15) is 15.9 Å². The van der Waals surface area contributed by atoms with Crippen molar-refractivity contribution in [1.29, 1.82) is 0 Å². The Morgan fingerprint density at radius 3 is 2.35 bits per heavy atom. The van der Waals surface area contributed by atoms with Crippen LogP contribution in [0.2, 0.25) is 0 Å². The second kappa shape index (κ2) is 4.84. The number of hydrogen-bond acceptors (Lipinski definition) is 2. The van der Waals surface area contributed by atoms with Crippen LogP contribution in [0.15, 0.2) is 47.4 Å². The molecular weight excluding hydrogens is 275 g/mol.